The predicted octanol–water partition coefficient (Wildman–Crippen LogP) is 3.17. The van der Waals surface area contributed by atoms with Gasteiger partial charge >= 0.3 is 5.97 Å². The SMILES string of the molecule is Cc1c(C(=O)Oc2ccc3c(c2)OCCO3)cnn1-c1ccccc1. The van der Waals surface area contributed by atoms with Gasteiger partial charge in [-0.25, -0.2) is 9.48 Å². The molecule has 0 fully saturated rings. The quantitative estimate of drug-likeness (QED) is 0.543. The van der Waals surface area contributed by atoms with Crippen LogP contribution in [-0.4, -0.2) is 29.0 Å². The second-order valence-electron chi connectivity index (χ2n) is 5.59. The van der Waals surface area contributed by atoms with E-state index in [9.17, 15) is 4.79 Å². The normalized spacial score (nSPS) is 12.7. The molecule has 2 aromatic carbocycles. The summed E-state index contributed by atoms with van der Waals surface area (Å²) in [7, 11) is 0. The van der Waals surface area contributed by atoms with Crippen LogP contribution in [0.15, 0.2) is 54.7 Å². The molecule has 0 saturated carbocycles. The summed E-state index contributed by atoms with van der Waals surface area (Å²) in [5.74, 6) is 1.17. The summed E-state index contributed by atoms with van der Waals surface area (Å²) in [6.07, 6.45) is 1.52. The van der Waals surface area contributed by atoms with Gasteiger partial charge in [0.2, 0.25) is 0 Å². The summed E-state index contributed by atoms with van der Waals surface area (Å²) in [4.78, 5) is 12.5. The van der Waals surface area contributed by atoms with E-state index in [0.717, 1.165) is 5.69 Å². The summed E-state index contributed by atoms with van der Waals surface area (Å²) in [6, 6.07) is 14.7. The number of carbonyl (C=O) groups excluding carboxylic acids is 1. The van der Waals surface area contributed by atoms with Crippen molar-refractivity contribution >= 4 is 5.97 Å². The highest BCUT2D eigenvalue weighted by Crippen LogP contribution is 2.33. The molecule has 6 heteroatoms. The molecule has 2 heterocycles. The molecule has 3 aromatic rings. The van der Waals surface area contributed by atoms with Gasteiger partial charge in [0.1, 0.15) is 24.5 Å². The molecule has 126 valence electrons. The number of esters is 1. The van der Waals surface area contributed by atoms with Crippen molar-refractivity contribution in [3.05, 3.63) is 66.0 Å². The number of hydrogen-bond acceptors (Lipinski definition) is 5. The standard InChI is InChI=1S/C19H16N2O4/c1-13-16(12-20-21(13)14-5-3-2-4-6-14)19(22)25-15-7-8-17-18(11-15)24-10-9-23-17/h2-8,11-12H,9-10H2,1H3. The number of benzene rings is 2. The molecular formula is C19H16N2O4. The molecule has 0 N–H and O–H groups in total. The summed E-state index contributed by atoms with van der Waals surface area (Å²) < 4.78 is 18.1. The van der Waals surface area contributed by atoms with Gasteiger partial charge in [-0.1, -0.05) is 18.2 Å². The second-order valence-corrected chi connectivity index (χ2v) is 5.59. The van der Waals surface area contributed by atoms with Crippen molar-refractivity contribution in [1.29, 1.82) is 0 Å². The van der Waals surface area contributed by atoms with Crippen molar-refractivity contribution in [2.75, 3.05) is 13.2 Å². The number of para-hydroxylation sites is 1. The van der Waals surface area contributed by atoms with E-state index in [1.54, 1.807) is 22.9 Å². The zero-order valence-corrected chi connectivity index (χ0v) is 13.6. The third-order valence-corrected chi connectivity index (χ3v) is 3.95. The zero-order chi connectivity index (χ0) is 17.2. The minimum absolute atomic E-state index is 0.404. The first-order valence-electron chi connectivity index (χ1n) is 7.94. The van der Waals surface area contributed by atoms with Gasteiger partial charge < -0.3 is 14.2 Å². The van der Waals surface area contributed by atoms with E-state index < -0.39 is 5.97 Å². The Morgan fingerprint density at radius 1 is 1.08 bits per heavy atom. The Morgan fingerprint density at radius 2 is 1.84 bits per heavy atom. The van der Waals surface area contributed by atoms with Crippen molar-refractivity contribution in [2.45, 2.75) is 6.92 Å². The van der Waals surface area contributed by atoms with Crippen LogP contribution in [0, 0.1) is 6.92 Å². The molecule has 0 radical (unpaired) electrons. The Kier molecular flexibility index (Phi) is 3.85. The highest BCUT2D eigenvalue weighted by molar-refractivity contribution is 5.92. The molecule has 1 aliphatic rings. The molecule has 0 unspecified atom stereocenters. The molecule has 0 spiro atoms. The van der Waals surface area contributed by atoms with E-state index in [1.165, 1.54) is 6.20 Å². The van der Waals surface area contributed by atoms with E-state index in [0.29, 0.717) is 41.7 Å². The third-order valence-electron chi connectivity index (χ3n) is 3.95. The zero-order valence-electron chi connectivity index (χ0n) is 13.6. The number of aromatic nitrogens is 2. The first-order valence-corrected chi connectivity index (χ1v) is 7.94. The molecule has 6 nitrogen and oxygen atoms in total. The van der Waals surface area contributed by atoms with Crippen LogP contribution in [0.3, 0.4) is 0 Å². The maximum atomic E-state index is 12.5. The lowest BCUT2D eigenvalue weighted by atomic mass is 10.2. The molecule has 0 bridgehead atoms. The highest BCUT2D eigenvalue weighted by Gasteiger charge is 2.19. The predicted molar refractivity (Wildman–Crippen MR) is 90.7 cm³/mol. The first kappa shape index (κ1) is 15.3. The largest absolute Gasteiger partial charge is 0.486 e. The number of rotatable bonds is 3. The maximum absolute atomic E-state index is 12.5. The summed E-state index contributed by atoms with van der Waals surface area (Å²) in [5, 5.41) is 4.29. The lowest BCUT2D eigenvalue weighted by Crippen LogP contribution is -2.15. The number of nitrogens with zero attached hydrogens (tertiary/aromatic N) is 2. The molecule has 0 amide bonds. The fourth-order valence-electron chi connectivity index (χ4n) is 2.69. The highest BCUT2D eigenvalue weighted by atomic mass is 16.6. The fraction of sp³-hybridized carbons (Fsp3) is 0.158. The molecule has 0 aliphatic carbocycles. The average molecular weight is 336 g/mol. The molecule has 0 saturated heterocycles. The first-order chi connectivity index (χ1) is 12.2. The Hall–Kier alpha value is -3.28. The van der Waals surface area contributed by atoms with Crippen LogP contribution in [0.1, 0.15) is 16.1 Å². The van der Waals surface area contributed by atoms with E-state index in [4.69, 9.17) is 14.2 Å². The lowest BCUT2D eigenvalue weighted by molar-refractivity contribution is 0.0732. The van der Waals surface area contributed by atoms with Gasteiger partial charge in [-0.2, -0.15) is 5.10 Å². The summed E-state index contributed by atoms with van der Waals surface area (Å²) in [5.41, 5.74) is 2.02. The van der Waals surface area contributed by atoms with Crippen molar-refractivity contribution in [3.8, 4) is 22.9 Å². The second kappa shape index (κ2) is 6.32. The topological polar surface area (TPSA) is 62.6 Å². The van der Waals surface area contributed by atoms with Crippen molar-refractivity contribution in [2.24, 2.45) is 0 Å². The van der Waals surface area contributed by atoms with Crippen molar-refractivity contribution < 1.29 is 19.0 Å². The van der Waals surface area contributed by atoms with Crippen molar-refractivity contribution in [1.82, 2.24) is 9.78 Å². The van der Waals surface area contributed by atoms with Gasteiger partial charge in [-0.05, 0) is 31.2 Å². The third kappa shape index (κ3) is 2.94. The monoisotopic (exact) mass is 336 g/mol. The summed E-state index contributed by atoms with van der Waals surface area (Å²) >= 11 is 0. The van der Waals surface area contributed by atoms with E-state index in [-0.39, 0.29) is 0 Å². The Labute approximate surface area is 144 Å². The van der Waals surface area contributed by atoms with Crippen LogP contribution in [0.25, 0.3) is 5.69 Å². The van der Waals surface area contributed by atoms with Gasteiger partial charge in [-0.15, -0.1) is 0 Å². The average Bonchev–Trinajstić information content (AvgIpc) is 3.04. The van der Waals surface area contributed by atoms with Crippen LogP contribution < -0.4 is 14.2 Å². The van der Waals surface area contributed by atoms with Crippen LogP contribution in [-0.2, 0) is 0 Å². The minimum atomic E-state index is -0.462. The number of hydrogen-bond donors (Lipinski definition) is 0. The number of carbonyl (C=O) groups is 1. The van der Waals surface area contributed by atoms with Crippen LogP contribution in [0.4, 0.5) is 0 Å². The molecular weight excluding hydrogens is 320 g/mol. The van der Waals surface area contributed by atoms with E-state index in [2.05, 4.69) is 5.10 Å². The smallest absolute Gasteiger partial charge is 0.347 e. The van der Waals surface area contributed by atoms with Gasteiger partial charge in [0.25, 0.3) is 0 Å². The number of ether oxygens (including phenoxy) is 3. The molecule has 1 aromatic heterocycles. The van der Waals surface area contributed by atoms with Crippen LogP contribution >= 0.6 is 0 Å². The summed E-state index contributed by atoms with van der Waals surface area (Å²) in [6.45, 7) is 2.83. The number of fused-ring (bicyclic) bond motifs is 1. The fourth-order valence-corrected chi connectivity index (χ4v) is 2.69. The van der Waals surface area contributed by atoms with Gasteiger partial charge in [0.15, 0.2) is 11.5 Å². The van der Waals surface area contributed by atoms with Gasteiger partial charge in [0, 0.05) is 6.07 Å². The maximum Gasteiger partial charge on any atom is 0.347 e. The van der Waals surface area contributed by atoms with Crippen LogP contribution in [0.5, 0.6) is 17.2 Å². The van der Waals surface area contributed by atoms with Gasteiger partial charge in [0.05, 0.1) is 17.6 Å². The lowest BCUT2D eigenvalue weighted by Gasteiger charge is -2.18. The Bertz CT molecular complexity index is 918. The van der Waals surface area contributed by atoms with Crippen LogP contribution in [0.2, 0.25) is 0 Å². The van der Waals surface area contributed by atoms with Crippen molar-refractivity contribution in [3.63, 3.8) is 0 Å². The Balaban J connectivity index is 1.57. The molecule has 0 atom stereocenters. The van der Waals surface area contributed by atoms with E-state index in [1.807, 2.05) is 37.3 Å². The van der Waals surface area contributed by atoms with Gasteiger partial charge in [-0.3, -0.25) is 0 Å². The molecule has 4 rings (SSSR count). The molecule has 1 aliphatic heterocycles. The molecule has 25 heavy (non-hydrogen) atoms. The minimum Gasteiger partial charge on any atom is -0.486 e. The Morgan fingerprint density at radius 3 is 2.64 bits per heavy atom. The van der Waals surface area contributed by atoms with E-state index >= 15 is 0 Å².